The van der Waals surface area contributed by atoms with E-state index < -0.39 is 0 Å². The Kier molecular flexibility index (Phi) is 4.59. The first-order chi connectivity index (χ1) is 9.06. The number of carbonyl (C=O) groups excluding carboxylic acids is 1. The fourth-order valence-corrected chi connectivity index (χ4v) is 2.90. The second-order valence-corrected chi connectivity index (χ2v) is 5.79. The SMILES string of the molecule is Cc1cccc(C)c1NC(=O)CC1CCCN(C)C1. The van der Waals surface area contributed by atoms with Crippen molar-refractivity contribution >= 4 is 11.6 Å². The quantitative estimate of drug-likeness (QED) is 0.906. The summed E-state index contributed by atoms with van der Waals surface area (Å²) in [6.45, 7) is 6.28. The number of likely N-dealkylation sites (tertiary alicyclic amines) is 1. The third kappa shape index (κ3) is 3.80. The van der Waals surface area contributed by atoms with Gasteiger partial charge in [0.05, 0.1) is 0 Å². The highest BCUT2D eigenvalue weighted by Gasteiger charge is 2.20. The molecule has 1 aliphatic heterocycles. The number of hydrogen-bond acceptors (Lipinski definition) is 2. The lowest BCUT2D eigenvalue weighted by Gasteiger charge is -2.29. The molecule has 19 heavy (non-hydrogen) atoms. The van der Waals surface area contributed by atoms with Gasteiger partial charge in [0.15, 0.2) is 0 Å². The van der Waals surface area contributed by atoms with Gasteiger partial charge in [0.25, 0.3) is 0 Å². The highest BCUT2D eigenvalue weighted by Crippen LogP contribution is 2.22. The predicted molar refractivity (Wildman–Crippen MR) is 79.4 cm³/mol. The summed E-state index contributed by atoms with van der Waals surface area (Å²) in [5.41, 5.74) is 3.25. The number of para-hydroxylation sites is 1. The Hall–Kier alpha value is -1.35. The molecule has 104 valence electrons. The van der Waals surface area contributed by atoms with E-state index in [1.807, 2.05) is 32.0 Å². The normalized spacial score (nSPS) is 20.3. The van der Waals surface area contributed by atoms with E-state index in [1.165, 1.54) is 12.8 Å². The molecule has 0 aromatic heterocycles. The molecule has 1 N–H and O–H groups in total. The molecule has 0 radical (unpaired) electrons. The van der Waals surface area contributed by atoms with Crippen LogP contribution in [0.4, 0.5) is 5.69 Å². The lowest BCUT2D eigenvalue weighted by molar-refractivity contribution is -0.117. The molecule has 0 saturated carbocycles. The van der Waals surface area contributed by atoms with E-state index in [-0.39, 0.29) is 5.91 Å². The summed E-state index contributed by atoms with van der Waals surface area (Å²) >= 11 is 0. The highest BCUT2D eigenvalue weighted by atomic mass is 16.1. The second kappa shape index (κ2) is 6.20. The molecule has 1 fully saturated rings. The third-order valence-corrected chi connectivity index (χ3v) is 3.94. The molecule has 1 saturated heterocycles. The van der Waals surface area contributed by atoms with Crippen LogP contribution in [0.2, 0.25) is 0 Å². The Morgan fingerprint density at radius 1 is 1.37 bits per heavy atom. The van der Waals surface area contributed by atoms with Gasteiger partial charge in [-0.15, -0.1) is 0 Å². The molecule has 0 aliphatic carbocycles. The number of anilines is 1. The zero-order valence-corrected chi connectivity index (χ0v) is 12.2. The minimum Gasteiger partial charge on any atom is -0.326 e. The van der Waals surface area contributed by atoms with Gasteiger partial charge in [-0.2, -0.15) is 0 Å². The van der Waals surface area contributed by atoms with Gasteiger partial charge in [0, 0.05) is 18.7 Å². The lowest BCUT2D eigenvalue weighted by Crippen LogP contribution is -2.34. The van der Waals surface area contributed by atoms with E-state index in [0.717, 1.165) is 29.9 Å². The summed E-state index contributed by atoms with van der Waals surface area (Å²) in [7, 11) is 2.13. The van der Waals surface area contributed by atoms with Crippen LogP contribution in [0.15, 0.2) is 18.2 Å². The molecule has 1 atom stereocenters. The number of benzene rings is 1. The lowest BCUT2D eigenvalue weighted by atomic mass is 9.94. The Morgan fingerprint density at radius 2 is 2.05 bits per heavy atom. The van der Waals surface area contributed by atoms with Crippen LogP contribution >= 0.6 is 0 Å². The summed E-state index contributed by atoms with van der Waals surface area (Å²) < 4.78 is 0. The van der Waals surface area contributed by atoms with Crippen LogP contribution in [0.25, 0.3) is 0 Å². The van der Waals surface area contributed by atoms with E-state index in [2.05, 4.69) is 17.3 Å². The maximum atomic E-state index is 12.2. The van der Waals surface area contributed by atoms with Crippen LogP contribution in [0, 0.1) is 19.8 Å². The van der Waals surface area contributed by atoms with Gasteiger partial charge in [0.1, 0.15) is 0 Å². The maximum absolute atomic E-state index is 12.2. The number of hydrogen-bond donors (Lipinski definition) is 1. The number of amides is 1. The van der Waals surface area contributed by atoms with Crippen molar-refractivity contribution in [3.05, 3.63) is 29.3 Å². The zero-order valence-electron chi connectivity index (χ0n) is 12.2. The number of nitrogens with one attached hydrogen (secondary N) is 1. The van der Waals surface area contributed by atoms with Crippen LogP contribution in [-0.2, 0) is 4.79 Å². The fraction of sp³-hybridized carbons (Fsp3) is 0.562. The number of carbonyl (C=O) groups is 1. The summed E-state index contributed by atoms with van der Waals surface area (Å²) in [4.78, 5) is 14.5. The maximum Gasteiger partial charge on any atom is 0.224 e. The minimum absolute atomic E-state index is 0.151. The van der Waals surface area contributed by atoms with E-state index in [0.29, 0.717) is 12.3 Å². The van der Waals surface area contributed by atoms with Crippen LogP contribution in [0.3, 0.4) is 0 Å². The van der Waals surface area contributed by atoms with Crippen molar-refractivity contribution in [2.45, 2.75) is 33.1 Å². The zero-order chi connectivity index (χ0) is 13.8. The average molecular weight is 260 g/mol. The summed E-state index contributed by atoms with van der Waals surface area (Å²) in [5, 5.41) is 3.08. The monoisotopic (exact) mass is 260 g/mol. The van der Waals surface area contributed by atoms with E-state index in [4.69, 9.17) is 0 Å². The molecule has 0 bridgehead atoms. The van der Waals surface area contributed by atoms with E-state index in [9.17, 15) is 4.79 Å². The topological polar surface area (TPSA) is 32.3 Å². The standard InChI is InChI=1S/C16H24N2O/c1-12-6-4-7-13(2)16(12)17-15(19)10-14-8-5-9-18(3)11-14/h4,6-7,14H,5,8-11H2,1-3H3,(H,17,19). The van der Waals surface area contributed by atoms with Crippen molar-refractivity contribution in [3.8, 4) is 0 Å². The molecule has 3 heteroatoms. The first-order valence-electron chi connectivity index (χ1n) is 7.11. The first kappa shape index (κ1) is 14.1. The average Bonchev–Trinajstić information content (AvgIpc) is 2.34. The summed E-state index contributed by atoms with van der Waals surface area (Å²) in [5.74, 6) is 0.653. The van der Waals surface area contributed by atoms with Crippen molar-refractivity contribution in [3.63, 3.8) is 0 Å². The highest BCUT2D eigenvalue weighted by molar-refractivity contribution is 5.92. The number of aryl methyl sites for hydroxylation is 2. The Morgan fingerprint density at radius 3 is 2.68 bits per heavy atom. The molecule has 1 amide bonds. The molecular formula is C16H24N2O. The van der Waals surface area contributed by atoms with Crippen molar-refractivity contribution in [1.82, 2.24) is 4.90 Å². The van der Waals surface area contributed by atoms with Crippen molar-refractivity contribution in [1.29, 1.82) is 0 Å². The van der Waals surface area contributed by atoms with Crippen molar-refractivity contribution < 1.29 is 4.79 Å². The fourth-order valence-electron chi connectivity index (χ4n) is 2.90. The molecule has 2 rings (SSSR count). The Balaban J connectivity index is 1.94. The first-order valence-corrected chi connectivity index (χ1v) is 7.11. The van der Waals surface area contributed by atoms with Gasteiger partial charge in [-0.25, -0.2) is 0 Å². The molecule has 1 aromatic carbocycles. The molecular weight excluding hydrogens is 236 g/mol. The second-order valence-electron chi connectivity index (χ2n) is 5.79. The third-order valence-electron chi connectivity index (χ3n) is 3.94. The van der Waals surface area contributed by atoms with Crippen molar-refractivity contribution in [2.24, 2.45) is 5.92 Å². The molecule has 0 spiro atoms. The molecule has 3 nitrogen and oxygen atoms in total. The molecule has 1 heterocycles. The Bertz CT molecular complexity index is 436. The van der Waals surface area contributed by atoms with Crippen LogP contribution in [0.1, 0.15) is 30.4 Å². The van der Waals surface area contributed by atoms with Crippen LogP contribution < -0.4 is 5.32 Å². The summed E-state index contributed by atoms with van der Waals surface area (Å²) in [6, 6.07) is 6.10. The van der Waals surface area contributed by atoms with Gasteiger partial charge in [-0.05, 0) is 57.3 Å². The van der Waals surface area contributed by atoms with Crippen LogP contribution in [0.5, 0.6) is 0 Å². The van der Waals surface area contributed by atoms with Crippen LogP contribution in [-0.4, -0.2) is 30.9 Å². The smallest absolute Gasteiger partial charge is 0.224 e. The Labute approximate surface area is 116 Å². The molecule has 1 aromatic rings. The van der Waals surface area contributed by atoms with Gasteiger partial charge in [-0.1, -0.05) is 18.2 Å². The number of piperidine rings is 1. The van der Waals surface area contributed by atoms with Gasteiger partial charge in [-0.3, -0.25) is 4.79 Å². The minimum atomic E-state index is 0.151. The molecule has 1 aliphatic rings. The van der Waals surface area contributed by atoms with Gasteiger partial charge >= 0.3 is 0 Å². The largest absolute Gasteiger partial charge is 0.326 e. The van der Waals surface area contributed by atoms with E-state index in [1.54, 1.807) is 0 Å². The number of rotatable bonds is 3. The van der Waals surface area contributed by atoms with Gasteiger partial charge < -0.3 is 10.2 Å². The molecule has 1 unspecified atom stereocenters. The van der Waals surface area contributed by atoms with Gasteiger partial charge in [0.2, 0.25) is 5.91 Å². The van der Waals surface area contributed by atoms with E-state index >= 15 is 0 Å². The van der Waals surface area contributed by atoms with Crippen molar-refractivity contribution in [2.75, 3.05) is 25.5 Å². The predicted octanol–water partition coefficient (Wildman–Crippen LogP) is 2.97. The number of nitrogens with zero attached hydrogens (tertiary/aromatic N) is 1. The summed E-state index contributed by atoms with van der Waals surface area (Å²) in [6.07, 6.45) is 3.01.